The van der Waals surface area contributed by atoms with Crippen molar-refractivity contribution in [3.05, 3.63) is 45.9 Å². The van der Waals surface area contributed by atoms with Crippen LogP contribution in [0, 0.1) is 0 Å². The Morgan fingerprint density at radius 3 is 2.81 bits per heavy atom. The number of carbonyl (C=O) groups is 1. The van der Waals surface area contributed by atoms with E-state index in [1.54, 1.807) is 4.57 Å². The molecule has 0 fully saturated rings. The van der Waals surface area contributed by atoms with Gasteiger partial charge in [0.1, 0.15) is 17.2 Å². The second kappa shape index (κ2) is 7.53. The summed E-state index contributed by atoms with van der Waals surface area (Å²) in [4.78, 5) is 28.0. The van der Waals surface area contributed by atoms with Crippen molar-refractivity contribution in [1.29, 1.82) is 0 Å². The molecule has 7 nitrogen and oxygen atoms in total. The SMILES string of the molecule is CCCn1nc2n(c1=O)CCC(NC(=O)c1cccc(C(F)(F)F)n1)CC2. The van der Waals surface area contributed by atoms with Crippen LogP contribution in [0.4, 0.5) is 13.2 Å². The lowest BCUT2D eigenvalue weighted by Gasteiger charge is -2.16. The molecule has 1 atom stereocenters. The van der Waals surface area contributed by atoms with Crippen LogP contribution in [0.5, 0.6) is 0 Å². The summed E-state index contributed by atoms with van der Waals surface area (Å²) in [6.07, 6.45) is -2.25. The highest BCUT2D eigenvalue weighted by Gasteiger charge is 2.33. The molecule has 146 valence electrons. The van der Waals surface area contributed by atoms with Crippen molar-refractivity contribution < 1.29 is 18.0 Å². The van der Waals surface area contributed by atoms with Gasteiger partial charge in [0, 0.05) is 25.6 Å². The van der Waals surface area contributed by atoms with Crippen molar-refractivity contribution in [3.63, 3.8) is 0 Å². The molecule has 2 aromatic heterocycles. The van der Waals surface area contributed by atoms with Crippen molar-refractivity contribution in [2.75, 3.05) is 0 Å². The molecule has 1 amide bonds. The number of amides is 1. The maximum Gasteiger partial charge on any atom is 0.433 e. The highest BCUT2D eigenvalue weighted by atomic mass is 19.4. The average Bonchev–Trinajstić information content (AvgIpc) is 2.79. The van der Waals surface area contributed by atoms with Gasteiger partial charge in [-0.3, -0.25) is 9.36 Å². The van der Waals surface area contributed by atoms with E-state index in [1.165, 1.54) is 10.7 Å². The molecule has 3 heterocycles. The normalized spacial score (nSPS) is 17.3. The zero-order valence-corrected chi connectivity index (χ0v) is 14.8. The van der Waals surface area contributed by atoms with E-state index >= 15 is 0 Å². The van der Waals surface area contributed by atoms with Gasteiger partial charge in [-0.15, -0.1) is 0 Å². The van der Waals surface area contributed by atoms with Crippen molar-refractivity contribution in [2.24, 2.45) is 0 Å². The van der Waals surface area contributed by atoms with Crippen LogP contribution in [0.15, 0.2) is 23.0 Å². The lowest BCUT2D eigenvalue weighted by molar-refractivity contribution is -0.141. The maximum absolute atomic E-state index is 12.7. The predicted molar refractivity (Wildman–Crippen MR) is 90.2 cm³/mol. The van der Waals surface area contributed by atoms with Crippen molar-refractivity contribution in [2.45, 2.75) is 57.9 Å². The highest BCUT2D eigenvalue weighted by molar-refractivity contribution is 5.92. The van der Waals surface area contributed by atoms with Gasteiger partial charge in [-0.25, -0.2) is 14.5 Å². The van der Waals surface area contributed by atoms with Crippen molar-refractivity contribution in [3.8, 4) is 0 Å². The predicted octanol–water partition coefficient (Wildman–Crippen LogP) is 2.00. The number of alkyl halides is 3. The van der Waals surface area contributed by atoms with E-state index in [9.17, 15) is 22.8 Å². The van der Waals surface area contributed by atoms with Crippen molar-refractivity contribution >= 4 is 5.91 Å². The fourth-order valence-corrected chi connectivity index (χ4v) is 3.11. The minimum atomic E-state index is -4.60. The molecule has 0 radical (unpaired) electrons. The molecule has 0 saturated heterocycles. The monoisotopic (exact) mass is 383 g/mol. The van der Waals surface area contributed by atoms with E-state index in [4.69, 9.17) is 0 Å². The van der Waals surface area contributed by atoms with Gasteiger partial charge in [-0.2, -0.15) is 18.3 Å². The van der Waals surface area contributed by atoms with Gasteiger partial charge < -0.3 is 5.32 Å². The Kier molecular flexibility index (Phi) is 5.33. The largest absolute Gasteiger partial charge is 0.433 e. The van der Waals surface area contributed by atoms with Gasteiger partial charge >= 0.3 is 11.9 Å². The van der Waals surface area contributed by atoms with E-state index < -0.39 is 17.8 Å². The molecule has 2 aromatic rings. The fraction of sp³-hybridized carbons (Fsp3) is 0.529. The van der Waals surface area contributed by atoms with E-state index in [0.717, 1.165) is 18.6 Å². The van der Waals surface area contributed by atoms with E-state index in [-0.39, 0.29) is 17.4 Å². The van der Waals surface area contributed by atoms with Crippen LogP contribution < -0.4 is 11.0 Å². The quantitative estimate of drug-likeness (QED) is 0.876. The van der Waals surface area contributed by atoms with Crippen molar-refractivity contribution in [1.82, 2.24) is 24.6 Å². The topological polar surface area (TPSA) is 81.8 Å². The molecule has 27 heavy (non-hydrogen) atoms. The number of hydrogen-bond donors (Lipinski definition) is 1. The summed E-state index contributed by atoms with van der Waals surface area (Å²) < 4.78 is 41.3. The number of aromatic nitrogens is 4. The summed E-state index contributed by atoms with van der Waals surface area (Å²) in [6.45, 7) is 2.92. The molecule has 0 saturated carbocycles. The van der Waals surface area contributed by atoms with E-state index in [2.05, 4.69) is 15.4 Å². The molecule has 0 spiro atoms. The van der Waals surface area contributed by atoms with Gasteiger partial charge in [0.15, 0.2) is 0 Å². The zero-order valence-electron chi connectivity index (χ0n) is 14.8. The van der Waals surface area contributed by atoms with Crippen LogP contribution in [-0.4, -0.2) is 31.3 Å². The summed E-state index contributed by atoms with van der Waals surface area (Å²) in [5, 5.41) is 7.05. The number of rotatable bonds is 4. The Morgan fingerprint density at radius 2 is 2.11 bits per heavy atom. The summed E-state index contributed by atoms with van der Waals surface area (Å²) in [5.41, 5.74) is -1.55. The Balaban J connectivity index is 1.67. The van der Waals surface area contributed by atoms with Crippen LogP contribution in [0.1, 0.15) is 48.2 Å². The third-order valence-corrected chi connectivity index (χ3v) is 4.46. The summed E-state index contributed by atoms with van der Waals surface area (Å²) in [5.74, 6) is 0.0106. The lowest BCUT2D eigenvalue weighted by Crippen LogP contribution is -2.36. The third-order valence-electron chi connectivity index (χ3n) is 4.46. The molecule has 0 bridgehead atoms. The highest BCUT2D eigenvalue weighted by Crippen LogP contribution is 2.27. The maximum atomic E-state index is 12.7. The Labute approximate surface area is 153 Å². The second-order valence-electron chi connectivity index (χ2n) is 6.48. The first-order valence-corrected chi connectivity index (χ1v) is 8.81. The van der Waals surface area contributed by atoms with Gasteiger partial charge in [0.25, 0.3) is 5.91 Å². The number of nitrogens with one attached hydrogen (secondary N) is 1. The number of fused-ring (bicyclic) bond motifs is 1. The number of pyridine rings is 1. The number of hydrogen-bond acceptors (Lipinski definition) is 4. The number of halogens is 3. The van der Waals surface area contributed by atoms with Crippen LogP contribution in [-0.2, 0) is 25.7 Å². The summed E-state index contributed by atoms with van der Waals surface area (Å²) in [6, 6.07) is 2.96. The van der Waals surface area contributed by atoms with Gasteiger partial charge in [0.2, 0.25) is 0 Å². The average molecular weight is 383 g/mol. The van der Waals surface area contributed by atoms with Gasteiger partial charge in [0.05, 0.1) is 0 Å². The fourth-order valence-electron chi connectivity index (χ4n) is 3.11. The molecule has 0 aliphatic carbocycles. The first kappa shape index (κ1) is 19.1. The Morgan fingerprint density at radius 1 is 1.33 bits per heavy atom. The standard InChI is InChI=1S/C17H20F3N5O2/c1-2-9-25-16(27)24-10-8-11(6-7-14(24)23-25)21-15(26)12-4-3-5-13(22-12)17(18,19)20/h3-5,11H,2,6-10H2,1H3,(H,21,26). The number of nitrogens with zero attached hydrogens (tertiary/aromatic N) is 4. The molecule has 1 N–H and O–H groups in total. The molecule has 0 aromatic carbocycles. The van der Waals surface area contributed by atoms with Crippen LogP contribution in [0.25, 0.3) is 0 Å². The zero-order chi connectivity index (χ0) is 19.6. The van der Waals surface area contributed by atoms with E-state index in [1.807, 2.05) is 6.92 Å². The first-order chi connectivity index (χ1) is 12.8. The summed E-state index contributed by atoms with van der Waals surface area (Å²) >= 11 is 0. The molecule has 1 aliphatic rings. The molecular weight excluding hydrogens is 363 g/mol. The Bertz CT molecular complexity index is 887. The number of aryl methyl sites for hydroxylation is 2. The van der Waals surface area contributed by atoms with Crippen LogP contribution in [0.2, 0.25) is 0 Å². The smallest absolute Gasteiger partial charge is 0.348 e. The van der Waals surface area contributed by atoms with E-state index in [0.29, 0.717) is 38.2 Å². The third kappa shape index (κ3) is 4.20. The minimum Gasteiger partial charge on any atom is -0.348 e. The Hall–Kier alpha value is -2.65. The first-order valence-electron chi connectivity index (χ1n) is 8.81. The molecule has 3 rings (SSSR count). The van der Waals surface area contributed by atoms with Gasteiger partial charge in [-0.1, -0.05) is 13.0 Å². The van der Waals surface area contributed by atoms with Gasteiger partial charge in [-0.05, 0) is 31.4 Å². The summed E-state index contributed by atoms with van der Waals surface area (Å²) in [7, 11) is 0. The van der Waals surface area contributed by atoms with Crippen LogP contribution >= 0.6 is 0 Å². The molecular formula is C17H20F3N5O2. The second-order valence-corrected chi connectivity index (χ2v) is 6.48. The minimum absolute atomic E-state index is 0.168. The molecule has 1 unspecified atom stereocenters. The van der Waals surface area contributed by atoms with Crippen LogP contribution in [0.3, 0.4) is 0 Å². The molecule has 10 heteroatoms. The lowest BCUT2D eigenvalue weighted by atomic mass is 10.1. The number of carbonyl (C=O) groups excluding carboxylic acids is 1. The molecule has 1 aliphatic heterocycles.